The van der Waals surface area contributed by atoms with Gasteiger partial charge in [-0.25, -0.2) is 0 Å². The molecule has 0 aliphatic carbocycles. The molecule has 0 radical (unpaired) electrons. The summed E-state index contributed by atoms with van der Waals surface area (Å²) in [5.74, 6) is 0.902. The number of hydrogen-bond donors (Lipinski definition) is 2. The lowest BCUT2D eigenvalue weighted by Gasteiger charge is -2.22. The Labute approximate surface area is 114 Å². The minimum atomic E-state index is 0.163. The van der Waals surface area contributed by atoms with E-state index in [1.807, 2.05) is 18.2 Å². The first-order valence-corrected chi connectivity index (χ1v) is 6.69. The fraction of sp³-hybridized carbons (Fsp3) is 0.375. The number of ether oxygens (including phenoxy) is 1. The van der Waals surface area contributed by atoms with Gasteiger partial charge in [-0.2, -0.15) is 0 Å². The zero-order valence-corrected chi connectivity index (χ0v) is 11.8. The van der Waals surface area contributed by atoms with Gasteiger partial charge in [0, 0.05) is 24.0 Å². The second-order valence-corrected chi connectivity index (χ2v) is 5.01. The van der Waals surface area contributed by atoms with Crippen molar-refractivity contribution in [3.05, 3.63) is 42.0 Å². The molecule has 0 heterocycles. The van der Waals surface area contributed by atoms with E-state index in [2.05, 4.69) is 37.4 Å². The molecule has 102 valence electrons. The Morgan fingerprint density at radius 2 is 1.79 bits per heavy atom. The molecule has 3 nitrogen and oxygen atoms in total. The highest BCUT2D eigenvalue weighted by molar-refractivity contribution is 5.91. The normalized spacial score (nSPS) is 12.9. The van der Waals surface area contributed by atoms with Crippen LogP contribution in [0.25, 0.3) is 10.8 Å². The fourth-order valence-corrected chi connectivity index (χ4v) is 2.46. The summed E-state index contributed by atoms with van der Waals surface area (Å²) in [6.45, 7) is 4.84. The number of benzene rings is 2. The molecule has 0 saturated heterocycles. The lowest BCUT2D eigenvalue weighted by molar-refractivity contribution is 0.419. The van der Waals surface area contributed by atoms with E-state index in [1.54, 1.807) is 7.11 Å². The zero-order chi connectivity index (χ0) is 13.8. The molecule has 1 atom stereocenters. The Bertz CT molecular complexity index is 551. The van der Waals surface area contributed by atoms with Crippen LogP contribution in [0.2, 0.25) is 0 Å². The van der Waals surface area contributed by atoms with E-state index in [9.17, 15) is 0 Å². The van der Waals surface area contributed by atoms with Gasteiger partial charge >= 0.3 is 0 Å². The topological polar surface area (TPSA) is 47.3 Å². The van der Waals surface area contributed by atoms with E-state index < -0.39 is 0 Å². The van der Waals surface area contributed by atoms with E-state index in [0.29, 0.717) is 12.6 Å². The van der Waals surface area contributed by atoms with Crippen LogP contribution in [0.3, 0.4) is 0 Å². The first-order chi connectivity index (χ1) is 9.17. The van der Waals surface area contributed by atoms with Crippen molar-refractivity contribution >= 4 is 10.8 Å². The largest absolute Gasteiger partial charge is 0.496 e. The van der Waals surface area contributed by atoms with Crippen LogP contribution in [0.5, 0.6) is 5.75 Å². The average Bonchev–Trinajstić information content (AvgIpc) is 2.43. The standard InChI is InChI=1S/C16H22N2O/c1-11(2)18-15(10-17)13-8-9-16(19-3)14-7-5-4-6-12(13)14/h4-9,11,15,18H,10,17H2,1-3H3. The quantitative estimate of drug-likeness (QED) is 0.867. The van der Waals surface area contributed by atoms with Crippen molar-refractivity contribution in [1.82, 2.24) is 5.32 Å². The van der Waals surface area contributed by atoms with E-state index in [0.717, 1.165) is 11.1 Å². The van der Waals surface area contributed by atoms with Crippen LogP contribution in [-0.4, -0.2) is 19.7 Å². The first kappa shape index (κ1) is 13.8. The molecule has 2 aromatic rings. The molecule has 2 rings (SSSR count). The minimum Gasteiger partial charge on any atom is -0.496 e. The maximum absolute atomic E-state index is 5.92. The molecule has 0 aliphatic heterocycles. The second kappa shape index (κ2) is 6.04. The lowest BCUT2D eigenvalue weighted by atomic mass is 9.97. The maximum atomic E-state index is 5.92. The summed E-state index contributed by atoms with van der Waals surface area (Å²) in [4.78, 5) is 0. The summed E-state index contributed by atoms with van der Waals surface area (Å²) in [5.41, 5.74) is 7.15. The van der Waals surface area contributed by atoms with Crippen molar-refractivity contribution in [2.24, 2.45) is 5.73 Å². The highest BCUT2D eigenvalue weighted by atomic mass is 16.5. The molecule has 0 saturated carbocycles. The summed E-state index contributed by atoms with van der Waals surface area (Å²) < 4.78 is 5.43. The van der Waals surface area contributed by atoms with E-state index in [1.165, 1.54) is 10.9 Å². The molecule has 0 bridgehead atoms. The molecule has 0 aromatic heterocycles. The smallest absolute Gasteiger partial charge is 0.126 e. The van der Waals surface area contributed by atoms with Crippen molar-refractivity contribution in [3.8, 4) is 5.75 Å². The van der Waals surface area contributed by atoms with Crippen molar-refractivity contribution in [2.75, 3.05) is 13.7 Å². The molecule has 2 aromatic carbocycles. The predicted octanol–water partition coefficient (Wildman–Crippen LogP) is 2.85. The number of rotatable bonds is 5. The molecule has 1 unspecified atom stereocenters. The summed E-state index contributed by atoms with van der Waals surface area (Å²) in [6.07, 6.45) is 0. The van der Waals surface area contributed by atoms with Crippen molar-refractivity contribution in [2.45, 2.75) is 25.9 Å². The summed E-state index contributed by atoms with van der Waals surface area (Å²) in [5, 5.41) is 5.84. The van der Waals surface area contributed by atoms with Gasteiger partial charge in [-0.05, 0) is 17.0 Å². The summed E-state index contributed by atoms with van der Waals surface area (Å²) >= 11 is 0. The van der Waals surface area contributed by atoms with Crippen LogP contribution >= 0.6 is 0 Å². The Morgan fingerprint density at radius 3 is 2.37 bits per heavy atom. The SMILES string of the molecule is COc1ccc(C(CN)NC(C)C)c2ccccc12. The molecular formula is C16H22N2O. The van der Waals surface area contributed by atoms with Gasteiger partial charge in [-0.3, -0.25) is 0 Å². The van der Waals surface area contributed by atoms with Gasteiger partial charge in [-0.15, -0.1) is 0 Å². The first-order valence-electron chi connectivity index (χ1n) is 6.69. The van der Waals surface area contributed by atoms with Crippen LogP contribution in [0, 0.1) is 0 Å². The van der Waals surface area contributed by atoms with Gasteiger partial charge in [0.25, 0.3) is 0 Å². The predicted molar refractivity (Wildman–Crippen MR) is 80.6 cm³/mol. The third-order valence-electron chi connectivity index (χ3n) is 3.28. The minimum absolute atomic E-state index is 0.163. The van der Waals surface area contributed by atoms with Crippen LogP contribution in [0.4, 0.5) is 0 Å². The highest BCUT2D eigenvalue weighted by Crippen LogP contribution is 2.31. The molecule has 3 heteroatoms. The van der Waals surface area contributed by atoms with Crippen LogP contribution in [0.15, 0.2) is 36.4 Å². The third-order valence-corrected chi connectivity index (χ3v) is 3.28. The number of fused-ring (bicyclic) bond motifs is 1. The Morgan fingerprint density at radius 1 is 1.11 bits per heavy atom. The Kier molecular flexibility index (Phi) is 4.40. The average molecular weight is 258 g/mol. The molecule has 0 spiro atoms. The molecule has 3 N–H and O–H groups in total. The fourth-order valence-electron chi connectivity index (χ4n) is 2.46. The van der Waals surface area contributed by atoms with Gasteiger partial charge < -0.3 is 15.8 Å². The second-order valence-electron chi connectivity index (χ2n) is 5.01. The summed E-state index contributed by atoms with van der Waals surface area (Å²) in [6, 6.07) is 13.0. The van der Waals surface area contributed by atoms with E-state index >= 15 is 0 Å². The van der Waals surface area contributed by atoms with Crippen molar-refractivity contribution in [3.63, 3.8) is 0 Å². The number of nitrogens with two attached hydrogens (primary N) is 1. The van der Waals surface area contributed by atoms with Gasteiger partial charge in [0.1, 0.15) is 5.75 Å². The van der Waals surface area contributed by atoms with Gasteiger partial charge in [0.2, 0.25) is 0 Å². The van der Waals surface area contributed by atoms with Crippen LogP contribution in [0.1, 0.15) is 25.5 Å². The number of nitrogens with one attached hydrogen (secondary N) is 1. The Hall–Kier alpha value is -1.58. The van der Waals surface area contributed by atoms with Gasteiger partial charge in [0.05, 0.1) is 7.11 Å². The van der Waals surface area contributed by atoms with E-state index in [4.69, 9.17) is 10.5 Å². The van der Waals surface area contributed by atoms with Crippen LogP contribution < -0.4 is 15.8 Å². The molecule has 19 heavy (non-hydrogen) atoms. The maximum Gasteiger partial charge on any atom is 0.126 e. The molecule has 0 aliphatic rings. The lowest BCUT2D eigenvalue weighted by Crippen LogP contribution is -2.33. The third kappa shape index (κ3) is 2.88. The highest BCUT2D eigenvalue weighted by Gasteiger charge is 2.15. The molecule has 0 amide bonds. The van der Waals surface area contributed by atoms with Crippen LogP contribution in [-0.2, 0) is 0 Å². The van der Waals surface area contributed by atoms with Gasteiger partial charge in [0.15, 0.2) is 0 Å². The number of methoxy groups -OCH3 is 1. The van der Waals surface area contributed by atoms with Gasteiger partial charge in [-0.1, -0.05) is 44.2 Å². The Balaban J connectivity index is 2.54. The van der Waals surface area contributed by atoms with E-state index in [-0.39, 0.29) is 6.04 Å². The zero-order valence-electron chi connectivity index (χ0n) is 11.8. The van der Waals surface area contributed by atoms with Crippen molar-refractivity contribution in [1.29, 1.82) is 0 Å². The molecule has 0 fully saturated rings. The molecular weight excluding hydrogens is 236 g/mol. The van der Waals surface area contributed by atoms with Crippen molar-refractivity contribution < 1.29 is 4.74 Å². The summed E-state index contributed by atoms with van der Waals surface area (Å²) in [7, 11) is 1.70. The number of hydrogen-bond acceptors (Lipinski definition) is 3. The monoisotopic (exact) mass is 258 g/mol.